The normalized spacial score (nSPS) is 13.7. The van der Waals surface area contributed by atoms with Crippen molar-refractivity contribution in [3.05, 3.63) is 29.3 Å². The van der Waals surface area contributed by atoms with Crippen molar-refractivity contribution in [3.8, 4) is 5.75 Å². The van der Waals surface area contributed by atoms with Gasteiger partial charge in [-0.3, -0.25) is 28.8 Å². The first kappa shape index (κ1) is 78.7. The molecule has 0 saturated carbocycles. The highest BCUT2D eigenvalue weighted by Gasteiger charge is 2.37. The number of rotatable bonds is 38. The van der Waals surface area contributed by atoms with E-state index in [4.69, 9.17) is 29.4 Å². The number of nitrogens with one attached hydrogen (secondary N) is 6. The molecule has 0 spiro atoms. The maximum Gasteiger partial charge on any atom is 0.251 e. The molecule has 6 amide bonds. The minimum atomic E-state index is -0.826. The molecular formula is C67H123N7O11. The third-order valence-electron chi connectivity index (χ3n) is 14.3. The molecule has 1 aromatic rings. The van der Waals surface area contributed by atoms with E-state index in [2.05, 4.69) is 87.3 Å². The first-order valence-electron chi connectivity index (χ1n) is 30.8. The van der Waals surface area contributed by atoms with Gasteiger partial charge in [0.25, 0.3) is 11.8 Å². The van der Waals surface area contributed by atoms with E-state index in [-0.39, 0.29) is 103 Å². The molecular weight excluding hydrogens is 1080 g/mol. The van der Waals surface area contributed by atoms with E-state index < -0.39 is 61.3 Å². The SMILES string of the molecule is CC(C)(C)CCC(C)(C)C(=O)NCC(C)(C)COC(C)(C)CNC(=O)CC(C)(C)COC(C)(C)CNC(=O)c1cc(OCCN)cc(C(=O)NCC(C)(C)COCC(C)(C)CC(=O)NCC(C)(C)OC(C)(C)CNC(=O)C(C)(C)CC(C)(C)C)c1. The molecule has 85 heavy (non-hydrogen) atoms. The minimum absolute atomic E-state index is 0.00646. The molecule has 0 saturated heterocycles. The zero-order valence-electron chi connectivity index (χ0n) is 58.3. The molecule has 0 unspecified atom stereocenters. The van der Waals surface area contributed by atoms with Crippen molar-refractivity contribution in [1.82, 2.24) is 31.9 Å². The van der Waals surface area contributed by atoms with E-state index in [1.54, 1.807) is 12.1 Å². The van der Waals surface area contributed by atoms with Crippen LogP contribution in [0.5, 0.6) is 5.75 Å². The Balaban J connectivity index is 2.77. The standard InChI is InChI=1S/C67H123N7O11/c1-56(2,3)27-28-62(15,16)54(79)73-38-61(13,14)46-84-64(19,20)39-69-51(76)35-59(9,10)45-83-65(21,22)40-72-53(78)48-31-47(32-49(33-48)82-30-29-68)52(77)71-37-60(11,12)44-81-43-58(7,8)34-50(75)70-41-66(23,24)85-67(25,26)42-74-55(80)63(17,18)36-57(4,5)6/h31-33H,27-30,34-46,68H2,1-26H3,(H,69,76)(H,70,75)(H,71,77)(H,72,78)(H,73,79)(H,74,80). The Labute approximate surface area is 515 Å². The summed E-state index contributed by atoms with van der Waals surface area (Å²) >= 11 is 0. The smallest absolute Gasteiger partial charge is 0.251 e. The highest BCUT2D eigenvalue weighted by atomic mass is 16.5. The van der Waals surface area contributed by atoms with Gasteiger partial charge in [0.05, 0.1) is 48.8 Å². The first-order chi connectivity index (χ1) is 38.1. The molecule has 8 N–H and O–H groups in total. The maximum absolute atomic E-state index is 13.7. The third kappa shape index (κ3) is 34.1. The van der Waals surface area contributed by atoms with Crippen LogP contribution in [0, 0.1) is 43.3 Å². The van der Waals surface area contributed by atoms with Crippen molar-refractivity contribution < 1.29 is 52.5 Å². The highest BCUT2D eigenvalue weighted by Crippen LogP contribution is 2.35. The van der Waals surface area contributed by atoms with E-state index in [1.165, 1.54) is 6.07 Å². The number of benzene rings is 1. The van der Waals surface area contributed by atoms with Crippen LogP contribution in [-0.2, 0) is 38.1 Å². The summed E-state index contributed by atoms with van der Waals surface area (Å²) in [6.45, 7) is 55.3. The molecule has 1 rings (SSSR count). The van der Waals surface area contributed by atoms with Crippen molar-refractivity contribution in [2.24, 2.45) is 49.1 Å². The Bertz CT molecular complexity index is 2340. The lowest BCUT2D eigenvalue weighted by Gasteiger charge is -2.38. The van der Waals surface area contributed by atoms with Crippen molar-refractivity contribution >= 4 is 35.4 Å². The van der Waals surface area contributed by atoms with Gasteiger partial charge in [-0.05, 0) is 115 Å². The van der Waals surface area contributed by atoms with Gasteiger partial charge in [-0.15, -0.1) is 0 Å². The Morgan fingerprint density at radius 1 is 0.412 bits per heavy atom. The Kier molecular flexibility index (Phi) is 28.9. The molecule has 1 aromatic carbocycles. The number of amides is 6. The number of hydrogen-bond donors (Lipinski definition) is 7. The van der Waals surface area contributed by atoms with Crippen LogP contribution in [0.15, 0.2) is 18.2 Å². The molecule has 0 bridgehead atoms. The summed E-state index contributed by atoms with van der Waals surface area (Å²) in [5.41, 5.74) is 0.544. The minimum Gasteiger partial charge on any atom is -0.492 e. The lowest BCUT2D eigenvalue weighted by Crippen LogP contribution is -2.51. The average molecular weight is 1200 g/mol. The molecule has 492 valence electrons. The highest BCUT2D eigenvalue weighted by molar-refractivity contribution is 6.00. The second-order valence-corrected chi connectivity index (χ2v) is 33.5. The second kappa shape index (κ2) is 31.2. The molecule has 0 heterocycles. The zero-order chi connectivity index (χ0) is 66.1. The van der Waals surface area contributed by atoms with Crippen LogP contribution in [0.25, 0.3) is 0 Å². The zero-order valence-corrected chi connectivity index (χ0v) is 58.3. The van der Waals surface area contributed by atoms with Crippen LogP contribution in [0.3, 0.4) is 0 Å². The number of carbonyl (C=O) groups excluding carboxylic acids is 6. The molecule has 18 heteroatoms. The number of ether oxygens (including phenoxy) is 5. The van der Waals surface area contributed by atoms with Crippen LogP contribution >= 0.6 is 0 Å². The Morgan fingerprint density at radius 3 is 1.26 bits per heavy atom. The molecule has 18 nitrogen and oxygen atoms in total. The van der Waals surface area contributed by atoms with E-state index in [0.717, 1.165) is 19.3 Å². The molecule has 0 fully saturated rings. The van der Waals surface area contributed by atoms with Gasteiger partial charge in [-0.25, -0.2) is 0 Å². The van der Waals surface area contributed by atoms with Crippen molar-refractivity contribution in [3.63, 3.8) is 0 Å². The number of nitrogens with two attached hydrogens (primary N) is 1. The van der Waals surface area contributed by atoms with Crippen molar-refractivity contribution in [2.75, 3.05) is 78.8 Å². The van der Waals surface area contributed by atoms with Gasteiger partial charge in [0, 0.05) is 91.4 Å². The molecule has 0 atom stereocenters. The first-order valence-corrected chi connectivity index (χ1v) is 30.8. The van der Waals surface area contributed by atoms with Gasteiger partial charge in [0.2, 0.25) is 23.6 Å². The van der Waals surface area contributed by atoms with Crippen molar-refractivity contribution in [1.29, 1.82) is 0 Å². The largest absolute Gasteiger partial charge is 0.492 e. The van der Waals surface area contributed by atoms with Crippen LogP contribution in [0.4, 0.5) is 0 Å². The summed E-state index contributed by atoms with van der Waals surface area (Å²) in [6.07, 6.45) is 2.89. The van der Waals surface area contributed by atoms with Gasteiger partial charge in [-0.2, -0.15) is 0 Å². The third-order valence-corrected chi connectivity index (χ3v) is 14.3. The molecule has 0 radical (unpaired) electrons. The summed E-state index contributed by atoms with van der Waals surface area (Å²) in [5, 5.41) is 18.2. The average Bonchev–Trinajstić information content (AvgIpc) is 3.47. The monoisotopic (exact) mass is 1200 g/mol. The van der Waals surface area contributed by atoms with E-state index in [0.29, 0.717) is 45.2 Å². The number of carbonyl (C=O) groups is 6. The Hall–Kier alpha value is -4.36. The topological polar surface area (TPSA) is 247 Å². The fraction of sp³-hybridized carbons (Fsp3) is 0.821. The predicted molar refractivity (Wildman–Crippen MR) is 343 cm³/mol. The van der Waals surface area contributed by atoms with Gasteiger partial charge < -0.3 is 61.3 Å². The molecule has 0 aliphatic carbocycles. The molecule has 0 aliphatic rings. The second-order valence-electron chi connectivity index (χ2n) is 33.5. The van der Waals surface area contributed by atoms with Crippen molar-refractivity contribution in [2.45, 2.75) is 235 Å². The van der Waals surface area contributed by atoms with E-state index in [1.807, 2.05) is 125 Å². The van der Waals surface area contributed by atoms with Gasteiger partial charge >= 0.3 is 0 Å². The summed E-state index contributed by atoms with van der Waals surface area (Å²) in [6, 6.07) is 4.65. The Morgan fingerprint density at radius 2 is 0.788 bits per heavy atom. The molecule has 0 aliphatic heterocycles. The predicted octanol–water partition coefficient (Wildman–Crippen LogP) is 10.3. The van der Waals surface area contributed by atoms with Gasteiger partial charge in [-0.1, -0.05) is 125 Å². The van der Waals surface area contributed by atoms with Gasteiger partial charge in [0.15, 0.2) is 0 Å². The van der Waals surface area contributed by atoms with Crippen LogP contribution in [-0.4, -0.2) is 137 Å². The summed E-state index contributed by atoms with van der Waals surface area (Å²) in [5.74, 6) is -0.802. The maximum atomic E-state index is 13.7. The summed E-state index contributed by atoms with van der Waals surface area (Å²) in [4.78, 5) is 80.2. The van der Waals surface area contributed by atoms with Crippen LogP contribution in [0.2, 0.25) is 0 Å². The number of hydrogen-bond acceptors (Lipinski definition) is 12. The quantitative estimate of drug-likeness (QED) is 0.0327. The molecule has 0 aromatic heterocycles. The summed E-state index contributed by atoms with van der Waals surface area (Å²) in [7, 11) is 0. The van der Waals surface area contributed by atoms with Crippen LogP contribution < -0.4 is 42.4 Å². The van der Waals surface area contributed by atoms with Gasteiger partial charge in [0.1, 0.15) is 12.4 Å². The lowest BCUT2D eigenvalue weighted by molar-refractivity contribution is -0.140. The van der Waals surface area contributed by atoms with E-state index >= 15 is 0 Å². The van der Waals surface area contributed by atoms with Crippen LogP contribution in [0.1, 0.15) is 233 Å². The summed E-state index contributed by atoms with van der Waals surface area (Å²) < 4.78 is 31.0. The fourth-order valence-corrected chi connectivity index (χ4v) is 9.37. The lowest BCUT2D eigenvalue weighted by atomic mass is 9.75. The van der Waals surface area contributed by atoms with E-state index in [9.17, 15) is 28.8 Å². The fourth-order valence-electron chi connectivity index (χ4n) is 9.37.